The molecule has 0 radical (unpaired) electrons. The van der Waals surface area contributed by atoms with Gasteiger partial charge in [0.25, 0.3) is 0 Å². The Morgan fingerprint density at radius 3 is 2.19 bits per heavy atom. The van der Waals surface area contributed by atoms with Crippen molar-refractivity contribution in [2.45, 2.75) is 19.5 Å². The van der Waals surface area contributed by atoms with Gasteiger partial charge in [0.1, 0.15) is 11.5 Å². The molecule has 0 aromatic carbocycles. The Bertz CT molecular complexity index is 537. The summed E-state index contributed by atoms with van der Waals surface area (Å²) in [6.45, 7) is 2.35. The molecule has 0 aliphatic rings. The molecule has 2 N–H and O–H groups in total. The van der Waals surface area contributed by atoms with Crippen LogP contribution in [0.4, 0.5) is 13.2 Å². The van der Waals surface area contributed by atoms with E-state index in [1.807, 2.05) is 19.0 Å². The number of carboxylic acid groups (broad SMARTS) is 1. The fourth-order valence-electron chi connectivity index (χ4n) is 1.19. The number of carboxylic acids is 1. The fraction of sp³-hybridized carbons (Fsp3) is 0.500. The normalized spacial score (nSPS) is 11.0. The van der Waals surface area contributed by atoms with E-state index in [4.69, 9.17) is 14.3 Å². The van der Waals surface area contributed by atoms with E-state index in [1.54, 1.807) is 6.92 Å². The number of hydrogen-bond donors (Lipinski definition) is 2. The van der Waals surface area contributed by atoms with Crippen LogP contribution in [0.1, 0.15) is 11.3 Å². The quantitative estimate of drug-likeness (QED) is 0.876. The highest BCUT2D eigenvalue weighted by molar-refractivity contribution is 5.73. The Hall–Kier alpha value is -2.03. The number of halogens is 3. The number of rotatable bonds is 3. The largest absolute Gasteiger partial charge is 0.507 e. The molecule has 0 saturated carbocycles. The molecule has 6 nitrogen and oxygen atoms in total. The van der Waals surface area contributed by atoms with Gasteiger partial charge in [0.15, 0.2) is 0 Å². The number of likely N-dealkylation sites (N-methyl/N-ethyl adjacent to an activating group) is 1. The first-order valence-electron chi connectivity index (χ1n) is 5.72. The van der Waals surface area contributed by atoms with Crippen molar-refractivity contribution in [2.24, 2.45) is 0 Å². The van der Waals surface area contributed by atoms with Crippen LogP contribution in [0.5, 0.6) is 5.75 Å². The van der Waals surface area contributed by atoms with Gasteiger partial charge in [-0.1, -0.05) is 0 Å². The molecule has 0 fully saturated rings. The van der Waals surface area contributed by atoms with Crippen molar-refractivity contribution in [2.75, 3.05) is 20.6 Å². The highest BCUT2D eigenvalue weighted by atomic mass is 19.4. The van der Waals surface area contributed by atoms with Crippen molar-refractivity contribution >= 4 is 5.97 Å². The van der Waals surface area contributed by atoms with Crippen molar-refractivity contribution in [3.05, 3.63) is 27.8 Å². The molecule has 0 spiro atoms. The predicted molar refractivity (Wildman–Crippen MR) is 67.3 cm³/mol. The molecule has 1 aromatic heterocycles. The summed E-state index contributed by atoms with van der Waals surface area (Å²) in [5.74, 6) is -2.30. The van der Waals surface area contributed by atoms with Crippen LogP contribution in [0.15, 0.2) is 15.3 Å². The van der Waals surface area contributed by atoms with Crippen molar-refractivity contribution < 1.29 is 32.6 Å². The van der Waals surface area contributed by atoms with Gasteiger partial charge in [0, 0.05) is 12.6 Å². The zero-order chi connectivity index (χ0) is 16.8. The second kappa shape index (κ2) is 7.67. The third-order valence-electron chi connectivity index (χ3n) is 2.20. The summed E-state index contributed by atoms with van der Waals surface area (Å²) in [6, 6.07) is 1.46. The maximum absolute atomic E-state index is 11.3. The van der Waals surface area contributed by atoms with Gasteiger partial charge in [-0.15, -0.1) is 0 Å². The number of aromatic hydroxyl groups is 1. The van der Waals surface area contributed by atoms with Gasteiger partial charge in [-0.05, 0) is 27.4 Å². The van der Waals surface area contributed by atoms with E-state index in [2.05, 4.69) is 0 Å². The van der Waals surface area contributed by atoms with Crippen LogP contribution in [0.2, 0.25) is 0 Å². The van der Waals surface area contributed by atoms with Gasteiger partial charge in [0.05, 0.1) is 5.56 Å². The lowest BCUT2D eigenvalue weighted by molar-refractivity contribution is -0.192. The highest BCUT2D eigenvalue weighted by Crippen LogP contribution is 2.14. The summed E-state index contributed by atoms with van der Waals surface area (Å²) in [6.07, 6.45) is -4.58. The van der Waals surface area contributed by atoms with Gasteiger partial charge in [0.2, 0.25) is 0 Å². The van der Waals surface area contributed by atoms with Crippen LogP contribution >= 0.6 is 0 Å². The minimum Gasteiger partial charge on any atom is -0.507 e. The molecule has 0 aliphatic carbocycles. The maximum Gasteiger partial charge on any atom is 0.490 e. The van der Waals surface area contributed by atoms with Crippen molar-refractivity contribution in [1.29, 1.82) is 0 Å². The Morgan fingerprint density at radius 2 is 1.86 bits per heavy atom. The summed E-state index contributed by atoms with van der Waals surface area (Å²) in [5.41, 5.74) is -0.0892. The van der Waals surface area contributed by atoms with Gasteiger partial charge < -0.3 is 19.5 Å². The van der Waals surface area contributed by atoms with Crippen molar-refractivity contribution in [1.82, 2.24) is 4.90 Å². The molecule has 1 rings (SSSR count). The molecule has 0 bridgehead atoms. The SMILES string of the molecule is Cc1cc(O)c(CCN(C)C)c(=O)o1.O=C(O)C(F)(F)F. The van der Waals surface area contributed by atoms with Crippen molar-refractivity contribution in [3.8, 4) is 5.75 Å². The first-order valence-corrected chi connectivity index (χ1v) is 5.72. The molecular formula is C12H16F3NO5. The molecule has 0 unspecified atom stereocenters. The third kappa shape index (κ3) is 7.35. The van der Waals surface area contributed by atoms with Crippen molar-refractivity contribution in [3.63, 3.8) is 0 Å². The molecule has 0 amide bonds. The minimum absolute atomic E-state index is 0.0283. The zero-order valence-electron chi connectivity index (χ0n) is 11.7. The average molecular weight is 311 g/mol. The summed E-state index contributed by atoms with van der Waals surface area (Å²) >= 11 is 0. The second-order valence-electron chi connectivity index (χ2n) is 4.36. The summed E-state index contributed by atoms with van der Waals surface area (Å²) in [7, 11) is 3.82. The molecule has 0 saturated heterocycles. The molecule has 9 heteroatoms. The summed E-state index contributed by atoms with van der Waals surface area (Å²) < 4.78 is 36.6. The second-order valence-corrected chi connectivity index (χ2v) is 4.36. The number of aryl methyl sites for hydroxylation is 1. The summed E-state index contributed by atoms with van der Waals surface area (Å²) in [5, 5.41) is 16.6. The lowest BCUT2D eigenvalue weighted by Crippen LogP contribution is -2.21. The number of nitrogens with zero attached hydrogens (tertiary/aromatic N) is 1. The van der Waals surface area contributed by atoms with E-state index in [0.29, 0.717) is 24.3 Å². The first-order chi connectivity index (χ1) is 9.45. The van der Waals surface area contributed by atoms with Gasteiger partial charge in [-0.2, -0.15) is 13.2 Å². The zero-order valence-corrected chi connectivity index (χ0v) is 11.7. The number of carbonyl (C=O) groups is 1. The van der Waals surface area contributed by atoms with E-state index >= 15 is 0 Å². The molecule has 21 heavy (non-hydrogen) atoms. The standard InChI is InChI=1S/C10H15NO3.C2HF3O2/c1-7-6-9(12)8(10(13)14-7)4-5-11(2)3;3-2(4,5)1(6)7/h6,12H,4-5H2,1-3H3;(H,6,7). The Kier molecular flexibility index (Phi) is 6.93. The Morgan fingerprint density at radius 1 is 1.38 bits per heavy atom. The van der Waals surface area contributed by atoms with Crippen LogP contribution in [0, 0.1) is 6.92 Å². The number of alkyl halides is 3. The minimum atomic E-state index is -5.08. The third-order valence-corrected chi connectivity index (χ3v) is 2.20. The van der Waals surface area contributed by atoms with Crippen LogP contribution in [0.25, 0.3) is 0 Å². The molecule has 0 atom stereocenters. The fourth-order valence-corrected chi connectivity index (χ4v) is 1.19. The Labute approximate surface area is 118 Å². The van der Waals surface area contributed by atoms with Crippen LogP contribution in [-0.4, -0.2) is 47.9 Å². The lowest BCUT2D eigenvalue weighted by atomic mass is 10.2. The van der Waals surface area contributed by atoms with E-state index in [1.165, 1.54) is 6.07 Å². The Balaban J connectivity index is 0.000000486. The van der Waals surface area contributed by atoms with E-state index in [0.717, 1.165) is 0 Å². The van der Waals surface area contributed by atoms with Crippen LogP contribution < -0.4 is 5.63 Å². The number of hydrogen-bond acceptors (Lipinski definition) is 5. The van der Waals surface area contributed by atoms with Gasteiger partial charge in [-0.3, -0.25) is 0 Å². The van der Waals surface area contributed by atoms with Gasteiger partial charge in [-0.25, -0.2) is 9.59 Å². The first kappa shape index (κ1) is 19.0. The van der Waals surface area contributed by atoms with Crippen LogP contribution in [-0.2, 0) is 11.2 Å². The van der Waals surface area contributed by atoms with Gasteiger partial charge >= 0.3 is 17.8 Å². The average Bonchev–Trinajstić information content (AvgIpc) is 2.26. The topological polar surface area (TPSA) is 91.0 Å². The molecule has 1 aromatic rings. The van der Waals surface area contributed by atoms with E-state index in [-0.39, 0.29) is 5.75 Å². The molecular weight excluding hydrogens is 295 g/mol. The smallest absolute Gasteiger partial charge is 0.490 e. The van der Waals surface area contributed by atoms with E-state index in [9.17, 15) is 23.1 Å². The molecule has 1 heterocycles. The molecule has 120 valence electrons. The van der Waals surface area contributed by atoms with E-state index < -0.39 is 17.8 Å². The monoisotopic (exact) mass is 311 g/mol. The highest BCUT2D eigenvalue weighted by Gasteiger charge is 2.38. The number of aliphatic carboxylic acids is 1. The van der Waals surface area contributed by atoms with Crippen LogP contribution in [0.3, 0.4) is 0 Å². The predicted octanol–water partition coefficient (Wildman–Crippen LogP) is 1.39. The molecule has 0 aliphatic heterocycles. The maximum atomic E-state index is 11.3. The lowest BCUT2D eigenvalue weighted by Gasteiger charge is -2.09. The summed E-state index contributed by atoms with van der Waals surface area (Å²) in [4.78, 5) is 22.2.